The summed E-state index contributed by atoms with van der Waals surface area (Å²) in [5.41, 5.74) is 4.38. The summed E-state index contributed by atoms with van der Waals surface area (Å²) in [6.07, 6.45) is 1.79. The highest BCUT2D eigenvalue weighted by Crippen LogP contribution is 2.12. The second-order valence-corrected chi connectivity index (χ2v) is 7.34. The predicted octanol–water partition coefficient (Wildman–Crippen LogP) is 3.15. The van der Waals surface area contributed by atoms with E-state index in [4.69, 9.17) is 9.47 Å². The topological polar surface area (TPSA) is 85.6 Å². The molecule has 0 unspecified atom stereocenters. The lowest BCUT2D eigenvalue weighted by molar-refractivity contribution is 0.212. The van der Waals surface area contributed by atoms with Crippen molar-refractivity contribution in [3.63, 3.8) is 0 Å². The highest BCUT2D eigenvalue weighted by Gasteiger charge is 2.09. The molecule has 0 spiro atoms. The van der Waals surface area contributed by atoms with Crippen LogP contribution in [0.5, 0.6) is 11.6 Å². The molecule has 0 aliphatic heterocycles. The minimum atomic E-state index is 0.432. The zero-order valence-electron chi connectivity index (χ0n) is 19.3. The van der Waals surface area contributed by atoms with Crippen molar-refractivity contribution in [1.29, 1.82) is 0 Å². The van der Waals surface area contributed by atoms with Gasteiger partial charge in [-0.15, -0.1) is 0 Å². The van der Waals surface area contributed by atoms with E-state index >= 15 is 0 Å². The van der Waals surface area contributed by atoms with E-state index in [1.54, 1.807) is 6.20 Å². The third kappa shape index (κ3) is 6.73. The van der Waals surface area contributed by atoms with Crippen molar-refractivity contribution in [2.24, 2.45) is 12.0 Å². The molecule has 0 bridgehead atoms. The minimum absolute atomic E-state index is 0.432. The van der Waals surface area contributed by atoms with Crippen molar-refractivity contribution in [2.45, 2.75) is 33.9 Å². The number of aryl methyl sites for hydroxylation is 2. The number of benzene rings is 1. The first-order valence-electron chi connectivity index (χ1n) is 10.8. The van der Waals surface area contributed by atoms with Gasteiger partial charge in [0.15, 0.2) is 5.96 Å². The highest BCUT2D eigenvalue weighted by atomic mass is 16.5. The Labute approximate surface area is 189 Å². The first kappa shape index (κ1) is 23.1. The molecule has 8 heteroatoms. The summed E-state index contributed by atoms with van der Waals surface area (Å²) in [6.45, 7) is 9.02. The Balaban J connectivity index is 1.47. The first-order chi connectivity index (χ1) is 15.6. The summed E-state index contributed by atoms with van der Waals surface area (Å²) < 4.78 is 13.2. The summed E-state index contributed by atoms with van der Waals surface area (Å²) in [4.78, 5) is 9.04. The maximum absolute atomic E-state index is 5.65. The summed E-state index contributed by atoms with van der Waals surface area (Å²) in [6, 6.07) is 13.5. The van der Waals surface area contributed by atoms with E-state index in [-0.39, 0.29) is 0 Å². The number of pyridine rings is 1. The molecule has 0 amide bonds. The van der Waals surface area contributed by atoms with Gasteiger partial charge in [0.25, 0.3) is 0 Å². The zero-order valence-corrected chi connectivity index (χ0v) is 19.3. The van der Waals surface area contributed by atoms with Crippen LogP contribution in [0.4, 0.5) is 0 Å². The molecule has 3 aromatic rings. The molecule has 0 aliphatic carbocycles. The number of aliphatic imine (C=N–C) groups is 1. The van der Waals surface area contributed by atoms with Crippen molar-refractivity contribution in [3.05, 3.63) is 71.2 Å². The molecule has 0 radical (unpaired) electrons. The lowest BCUT2D eigenvalue weighted by atomic mass is 10.2. The molecule has 0 saturated carbocycles. The predicted molar refractivity (Wildman–Crippen MR) is 126 cm³/mol. The van der Waals surface area contributed by atoms with E-state index in [2.05, 4.69) is 32.6 Å². The van der Waals surface area contributed by atoms with Crippen LogP contribution in [-0.4, -0.2) is 40.5 Å². The number of nitrogens with one attached hydrogen (secondary N) is 2. The average molecular weight is 437 g/mol. The van der Waals surface area contributed by atoms with Gasteiger partial charge in [0.2, 0.25) is 5.88 Å². The Morgan fingerprint density at radius 1 is 1.03 bits per heavy atom. The molecular weight excluding hydrogens is 404 g/mol. The SMILES string of the molecule is CCNC(=NCc1ccc(OCCOc2ccccc2)nc1)NCc1c(C)nn(C)c1C. The summed E-state index contributed by atoms with van der Waals surface area (Å²) >= 11 is 0. The summed E-state index contributed by atoms with van der Waals surface area (Å²) in [5, 5.41) is 11.1. The average Bonchev–Trinajstić information content (AvgIpc) is 3.05. The second kappa shape index (κ2) is 11.7. The number of ether oxygens (including phenoxy) is 2. The molecule has 0 saturated heterocycles. The Bertz CT molecular complexity index is 999. The minimum Gasteiger partial charge on any atom is -0.490 e. The molecule has 170 valence electrons. The fourth-order valence-electron chi connectivity index (χ4n) is 3.17. The Morgan fingerprint density at radius 2 is 1.81 bits per heavy atom. The van der Waals surface area contributed by atoms with Gasteiger partial charge in [-0.25, -0.2) is 9.98 Å². The Kier molecular flexibility index (Phi) is 8.48. The normalized spacial score (nSPS) is 11.3. The van der Waals surface area contributed by atoms with E-state index in [1.165, 1.54) is 5.56 Å². The van der Waals surface area contributed by atoms with Crippen molar-refractivity contribution in [2.75, 3.05) is 19.8 Å². The molecule has 0 aliphatic rings. The number of rotatable bonds is 10. The van der Waals surface area contributed by atoms with E-state index < -0.39 is 0 Å². The van der Waals surface area contributed by atoms with Crippen molar-refractivity contribution < 1.29 is 9.47 Å². The van der Waals surface area contributed by atoms with Crippen LogP contribution in [0.15, 0.2) is 53.7 Å². The lowest BCUT2D eigenvalue weighted by Crippen LogP contribution is -2.37. The monoisotopic (exact) mass is 436 g/mol. The third-order valence-corrected chi connectivity index (χ3v) is 5.00. The maximum atomic E-state index is 5.65. The first-order valence-corrected chi connectivity index (χ1v) is 10.8. The fraction of sp³-hybridized carbons (Fsp3) is 0.375. The van der Waals surface area contributed by atoms with E-state index in [0.717, 1.165) is 35.2 Å². The maximum Gasteiger partial charge on any atom is 0.213 e. The molecule has 1 aromatic carbocycles. The smallest absolute Gasteiger partial charge is 0.213 e. The number of guanidine groups is 1. The van der Waals surface area contributed by atoms with Crippen molar-refractivity contribution in [1.82, 2.24) is 25.4 Å². The quantitative estimate of drug-likeness (QED) is 0.289. The molecule has 2 N–H and O–H groups in total. The van der Waals surface area contributed by atoms with Gasteiger partial charge in [0.1, 0.15) is 19.0 Å². The van der Waals surface area contributed by atoms with Gasteiger partial charge in [-0.3, -0.25) is 4.68 Å². The zero-order chi connectivity index (χ0) is 22.8. The third-order valence-electron chi connectivity index (χ3n) is 5.00. The van der Waals surface area contributed by atoms with Gasteiger partial charge in [0.05, 0.1) is 12.2 Å². The Morgan fingerprint density at radius 3 is 2.47 bits per heavy atom. The molecule has 8 nitrogen and oxygen atoms in total. The van der Waals surface area contributed by atoms with Gasteiger partial charge in [-0.2, -0.15) is 5.10 Å². The molecule has 2 aromatic heterocycles. The number of aromatic nitrogens is 3. The molecule has 32 heavy (non-hydrogen) atoms. The van der Waals surface area contributed by atoms with E-state index in [9.17, 15) is 0 Å². The van der Waals surface area contributed by atoms with Crippen LogP contribution in [0.3, 0.4) is 0 Å². The number of hydrogen-bond acceptors (Lipinski definition) is 5. The van der Waals surface area contributed by atoms with Gasteiger partial charge >= 0.3 is 0 Å². The van der Waals surface area contributed by atoms with Crippen molar-refractivity contribution >= 4 is 5.96 Å². The summed E-state index contributed by atoms with van der Waals surface area (Å²) in [7, 11) is 1.96. The van der Waals surface area contributed by atoms with Crippen LogP contribution in [0.25, 0.3) is 0 Å². The van der Waals surface area contributed by atoms with Gasteiger partial charge in [-0.1, -0.05) is 24.3 Å². The number of nitrogens with zero attached hydrogens (tertiary/aromatic N) is 4. The molecule has 2 heterocycles. The molecule has 0 atom stereocenters. The van der Waals surface area contributed by atoms with Crippen LogP contribution in [0.2, 0.25) is 0 Å². The van der Waals surface area contributed by atoms with E-state index in [0.29, 0.717) is 32.2 Å². The van der Waals surface area contributed by atoms with Gasteiger partial charge in [0, 0.05) is 43.7 Å². The fourth-order valence-corrected chi connectivity index (χ4v) is 3.17. The lowest BCUT2D eigenvalue weighted by Gasteiger charge is -2.12. The van der Waals surface area contributed by atoms with Crippen LogP contribution in [0, 0.1) is 13.8 Å². The standard InChI is InChI=1S/C24H32N6O2/c1-5-25-24(28-17-22-18(2)29-30(4)19(22)3)27-16-20-11-12-23(26-15-20)32-14-13-31-21-9-7-6-8-10-21/h6-12,15H,5,13-14,16-17H2,1-4H3,(H2,25,27,28). The van der Waals surface area contributed by atoms with Crippen LogP contribution < -0.4 is 20.1 Å². The molecule has 0 fully saturated rings. The van der Waals surface area contributed by atoms with Crippen LogP contribution in [-0.2, 0) is 20.1 Å². The van der Waals surface area contributed by atoms with Crippen LogP contribution >= 0.6 is 0 Å². The van der Waals surface area contributed by atoms with Gasteiger partial charge in [-0.05, 0) is 38.5 Å². The summed E-state index contributed by atoms with van der Waals surface area (Å²) in [5.74, 6) is 2.16. The number of hydrogen-bond donors (Lipinski definition) is 2. The number of para-hydroxylation sites is 1. The Hall–Kier alpha value is -3.55. The molecule has 3 rings (SSSR count). The van der Waals surface area contributed by atoms with Crippen molar-refractivity contribution in [3.8, 4) is 11.6 Å². The van der Waals surface area contributed by atoms with Gasteiger partial charge < -0.3 is 20.1 Å². The second-order valence-electron chi connectivity index (χ2n) is 7.34. The highest BCUT2D eigenvalue weighted by molar-refractivity contribution is 5.79. The largest absolute Gasteiger partial charge is 0.490 e. The molecular formula is C24H32N6O2. The van der Waals surface area contributed by atoms with Crippen LogP contribution in [0.1, 0.15) is 29.4 Å². The van der Waals surface area contributed by atoms with E-state index in [1.807, 2.05) is 68.0 Å².